The molecular formula is C21H48B2F8P2. The van der Waals surface area contributed by atoms with Crippen molar-refractivity contribution in [3.8, 4) is 0 Å². The van der Waals surface area contributed by atoms with E-state index in [9.17, 15) is 34.5 Å². The molecule has 12 heteroatoms. The zero-order valence-corrected chi connectivity index (χ0v) is 24.4. The Bertz CT molecular complexity index is 436. The van der Waals surface area contributed by atoms with Gasteiger partial charge >= 0.3 is 17.4 Å². The van der Waals surface area contributed by atoms with E-state index in [0.29, 0.717) is 20.6 Å². The van der Waals surface area contributed by atoms with Crippen molar-refractivity contribution in [3.05, 3.63) is 0 Å². The monoisotopic (exact) mass is 536 g/mol. The smallest absolute Gasteiger partial charge is 0.418 e. The summed E-state index contributed by atoms with van der Waals surface area (Å²) in [7, 11) is -11.8. The molecule has 0 spiro atoms. The Morgan fingerprint density at radius 2 is 0.576 bits per heavy atom. The molecule has 0 N–H and O–H groups in total. The maximum atomic E-state index is 9.75. The van der Waals surface area contributed by atoms with Crippen molar-refractivity contribution >= 4 is 30.4 Å². The third kappa shape index (κ3) is 28.6. The van der Waals surface area contributed by atoms with Crippen LogP contribution in [0.5, 0.6) is 0 Å². The summed E-state index contributed by atoms with van der Waals surface area (Å²) in [6.45, 7) is 29.4. The van der Waals surface area contributed by atoms with Gasteiger partial charge in [0.15, 0.2) is 0 Å². The Morgan fingerprint density at radius 3 is 0.697 bits per heavy atom. The SMILES string of the molecule is CC(C)(C)P(CCCCCP(C(C)(C)C)C(C)(C)C)C(C)(C)C.F[B-](F)(F)F.F[B-](F)(F)F.[H+].[H+]. The molecule has 0 rings (SSSR count). The van der Waals surface area contributed by atoms with Crippen LogP contribution in [-0.4, -0.2) is 47.5 Å². The van der Waals surface area contributed by atoms with Crippen molar-refractivity contribution < 1.29 is 37.4 Å². The van der Waals surface area contributed by atoms with Crippen LogP contribution in [0.2, 0.25) is 0 Å². The van der Waals surface area contributed by atoms with Crippen LogP contribution < -0.4 is 0 Å². The minimum Gasteiger partial charge on any atom is -0.418 e. The van der Waals surface area contributed by atoms with E-state index in [1.807, 2.05) is 0 Å². The molecule has 0 aliphatic rings. The van der Waals surface area contributed by atoms with E-state index in [1.54, 1.807) is 0 Å². The van der Waals surface area contributed by atoms with Crippen molar-refractivity contribution in [3.63, 3.8) is 0 Å². The van der Waals surface area contributed by atoms with Gasteiger partial charge in [-0.15, -0.1) is 0 Å². The molecule has 33 heavy (non-hydrogen) atoms. The molecule has 0 aromatic rings. The van der Waals surface area contributed by atoms with E-state index in [0.717, 1.165) is 0 Å². The molecule has 204 valence electrons. The quantitative estimate of drug-likeness (QED) is 0.137. The van der Waals surface area contributed by atoms with Crippen LogP contribution >= 0.6 is 15.8 Å². The molecule has 0 radical (unpaired) electrons. The Labute approximate surface area is 203 Å². The molecule has 0 bridgehead atoms. The first-order valence-corrected chi connectivity index (χ1v) is 14.3. The van der Waals surface area contributed by atoms with Gasteiger partial charge in [-0.25, -0.2) is 0 Å². The van der Waals surface area contributed by atoms with Gasteiger partial charge in [0.1, 0.15) is 0 Å². The summed E-state index contributed by atoms with van der Waals surface area (Å²) in [6, 6.07) is 0. The predicted octanol–water partition coefficient (Wildman–Crippen LogP) is 11.1. The highest BCUT2D eigenvalue weighted by molar-refractivity contribution is 7.61. The van der Waals surface area contributed by atoms with Gasteiger partial charge < -0.3 is 34.5 Å². The first-order chi connectivity index (χ1) is 14.0. The number of unbranched alkanes of at least 4 members (excludes halogenated alkanes) is 2. The normalized spacial score (nSPS) is 14.0. The van der Waals surface area contributed by atoms with Crippen molar-refractivity contribution in [2.45, 2.75) is 123 Å². The molecular weight excluding hydrogens is 488 g/mol. The van der Waals surface area contributed by atoms with Crippen molar-refractivity contribution in [2.75, 3.05) is 12.3 Å². The van der Waals surface area contributed by atoms with E-state index in [2.05, 4.69) is 83.1 Å². The van der Waals surface area contributed by atoms with Crippen LogP contribution in [0.3, 0.4) is 0 Å². The minimum absolute atomic E-state index is 0. The van der Waals surface area contributed by atoms with Crippen LogP contribution in [0.1, 0.15) is 105 Å². The predicted molar refractivity (Wildman–Crippen MR) is 139 cm³/mol. The summed E-state index contributed by atoms with van der Waals surface area (Å²) < 4.78 is 78.0. The molecule has 0 unspecified atom stereocenters. The molecule has 0 saturated carbocycles. The topological polar surface area (TPSA) is 0 Å². The van der Waals surface area contributed by atoms with E-state index < -0.39 is 14.5 Å². The summed E-state index contributed by atoms with van der Waals surface area (Å²) in [5, 5.41) is 1.93. The van der Waals surface area contributed by atoms with Gasteiger partial charge in [-0.2, -0.15) is 0 Å². The average molecular weight is 536 g/mol. The molecule has 0 atom stereocenters. The van der Waals surface area contributed by atoms with Crippen molar-refractivity contribution in [1.82, 2.24) is 0 Å². The number of hydrogen-bond donors (Lipinski definition) is 0. The molecule has 0 fully saturated rings. The fraction of sp³-hybridized carbons (Fsp3) is 1.00. The van der Waals surface area contributed by atoms with Crippen molar-refractivity contribution in [1.29, 1.82) is 0 Å². The van der Waals surface area contributed by atoms with E-state index >= 15 is 0 Å². The van der Waals surface area contributed by atoms with Gasteiger partial charge in [0.05, 0.1) is 0 Å². The summed E-state index contributed by atoms with van der Waals surface area (Å²) in [4.78, 5) is 0. The number of hydrogen-bond acceptors (Lipinski definition) is 0. The minimum atomic E-state index is -6.00. The van der Waals surface area contributed by atoms with Crippen LogP contribution in [-0.2, 0) is 0 Å². The summed E-state index contributed by atoms with van der Waals surface area (Å²) >= 11 is 0. The lowest BCUT2D eigenvalue weighted by Gasteiger charge is -2.42. The highest BCUT2D eigenvalue weighted by atomic mass is 31.1. The largest absolute Gasteiger partial charge is 1.00 e. The zero-order chi connectivity index (χ0) is 27.7. The van der Waals surface area contributed by atoms with Gasteiger partial charge in [0.25, 0.3) is 0 Å². The van der Waals surface area contributed by atoms with Crippen molar-refractivity contribution in [2.24, 2.45) is 0 Å². The third-order valence-corrected chi connectivity index (χ3v) is 12.5. The summed E-state index contributed by atoms with van der Waals surface area (Å²) in [6.07, 6.45) is 7.18. The molecule has 0 heterocycles. The van der Waals surface area contributed by atoms with Gasteiger partial charge in [-0.1, -0.05) is 105 Å². The summed E-state index contributed by atoms with van der Waals surface area (Å²) in [5.74, 6) is 0. The second-order valence-electron chi connectivity index (χ2n) is 12.0. The number of halogens is 8. The van der Waals surface area contributed by atoms with Crippen LogP contribution in [0.4, 0.5) is 34.5 Å². The average Bonchev–Trinajstić information content (AvgIpc) is 2.36. The second-order valence-corrected chi connectivity index (χ2v) is 20.0. The van der Waals surface area contributed by atoms with Crippen LogP contribution in [0, 0.1) is 0 Å². The molecule has 0 amide bonds. The molecule has 0 aliphatic carbocycles. The number of rotatable bonds is 6. The van der Waals surface area contributed by atoms with Gasteiger partial charge in [0, 0.05) is 0 Å². The molecule has 0 saturated heterocycles. The lowest BCUT2D eigenvalue weighted by atomic mass is 10.2. The fourth-order valence-electron chi connectivity index (χ4n) is 4.07. The highest BCUT2D eigenvalue weighted by Gasteiger charge is 2.35. The molecule has 0 aromatic heterocycles. The van der Waals surface area contributed by atoms with Crippen LogP contribution in [0.15, 0.2) is 0 Å². The highest BCUT2D eigenvalue weighted by Crippen LogP contribution is 2.61. The van der Waals surface area contributed by atoms with Gasteiger partial charge in [-0.05, 0) is 45.8 Å². The third-order valence-electron chi connectivity index (χ3n) is 4.50. The summed E-state index contributed by atoms with van der Waals surface area (Å²) in [5.41, 5.74) is 0. The maximum absolute atomic E-state index is 9.75. The van der Waals surface area contributed by atoms with E-state index in [4.69, 9.17) is 0 Å². The Kier molecular flexibility index (Phi) is 16.4. The maximum Gasteiger partial charge on any atom is 1.00 e. The second kappa shape index (κ2) is 14.2. The molecule has 0 aromatic carbocycles. The van der Waals surface area contributed by atoms with Gasteiger partial charge in [0.2, 0.25) is 0 Å². The first kappa shape index (κ1) is 38.0. The lowest BCUT2D eigenvalue weighted by molar-refractivity contribution is 0.366. The molecule has 0 nitrogen and oxygen atoms in total. The van der Waals surface area contributed by atoms with Gasteiger partial charge in [-0.3, -0.25) is 0 Å². The van der Waals surface area contributed by atoms with E-state index in [1.165, 1.54) is 31.6 Å². The fourth-order valence-corrected chi connectivity index (χ4v) is 11.9. The first-order valence-electron chi connectivity index (χ1n) is 11.3. The zero-order valence-electron chi connectivity index (χ0n) is 24.6. The van der Waals surface area contributed by atoms with Crippen LogP contribution in [0.25, 0.3) is 0 Å². The standard InChI is InChI=1S/C21H46P2.2BF4/c1-18(2,3)22(19(4,5)6)16-14-13-15-17-23(20(7,8)9)21(10,11)12;2*2-1(3,4)5/h13-17H2,1-12H3;;/q;2*-1/p+2. The Balaban J connectivity index is -0.000000210. The van der Waals surface area contributed by atoms with E-state index in [-0.39, 0.29) is 18.7 Å². The Morgan fingerprint density at radius 1 is 0.424 bits per heavy atom. The lowest BCUT2D eigenvalue weighted by Crippen LogP contribution is -2.27. The molecule has 0 aliphatic heterocycles. The Hall–Kier alpha value is 0.430.